The van der Waals surface area contributed by atoms with Crippen LogP contribution in [-0.2, 0) is 23.7 Å². The molecule has 1 heterocycles. The molecule has 1 saturated heterocycles. The Kier molecular flexibility index (Phi) is 5.98. The van der Waals surface area contributed by atoms with Crippen molar-refractivity contribution in [3.63, 3.8) is 0 Å². The van der Waals surface area contributed by atoms with Crippen LogP contribution >= 0.6 is 0 Å². The Morgan fingerprint density at radius 1 is 1.24 bits per heavy atom. The maximum absolute atomic E-state index is 12.4. The predicted molar refractivity (Wildman–Crippen MR) is 90.9 cm³/mol. The van der Waals surface area contributed by atoms with Crippen molar-refractivity contribution >= 4 is 11.9 Å². The van der Waals surface area contributed by atoms with E-state index in [4.69, 9.17) is 18.9 Å². The average molecular weight is 348 g/mol. The van der Waals surface area contributed by atoms with Gasteiger partial charge in [0, 0.05) is 19.4 Å². The summed E-state index contributed by atoms with van der Waals surface area (Å²) in [5, 5.41) is 0. The number of ether oxygens (including phenoxy) is 4. The molecule has 136 valence electrons. The summed E-state index contributed by atoms with van der Waals surface area (Å²) in [5.74, 6) is -2.79. The van der Waals surface area contributed by atoms with Gasteiger partial charge in [-0.05, 0) is 19.1 Å². The Hall–Kier alpha value is -2.18. The Balaban J connectivity index is 2.33. The molecule has 1 aromatic carbocycles. The van der Waals surface area contributed by atoms with E-state index < -0.39 is 23.8 Å². The quantitative estimate of drug-likeness (QED) is 0.602. The van der Waals surface area contributed by atoms with Crippen LogP contribution in [0.1, 0.15) is 30.6 Å². The molecule has 0 spiro atoms. The summed E-state index contributed by atoms with van der Waals surface area (Å²) in [4.78, 5) is 24.8. The zero-order valence-corrected chi connectivity index (χ0v) is 15.0. The molecular weight excluding hydrogens is 324 g/mol. The number of hydrogen-bond donors (Lipinski definition) is 0. The molecule has 1 aliphatic heterocycles. The average Bonchev–Trinajstić information content (AvgIpc) is 2.63. The third-order valence-electron chi connectivity index (χ3n) is 4.60. The molecule has 0 aromatic heterocycles. The number of esters is 2. The fourth-order valence-corrected chi connectivity index (χ4v) is 2.82. The van der Waals surface area contributed by atoms with Crippen LogP contribution in [-0.4, -0.2) is 44.2 Å². The standard InChI is InChI=1S/C19H24O6/c1-12-11-19(23-5,25-14(3)13(12)2)16(18(21)22-4)24-17(20)15-9-7-6-8-10-15/h6-10,13-14,16H,1,11H2,2-5H3/t13?,14?,16-,19-/m1/s1. The van der Waals surface area contributed by atoms with E-state index in [0.29, 0.717) is 5.56 Å². The molecule has 0 bridgehead atoms. The zero-order chi connectivity index (χ0) is 18.6. The third kappa shape index (κ3) is 3.91. The highest BCUT2D eigenvalue weighted by Gasteiger charge is 2.53. The Labute approximate surface area is 147 Å². The van der Waals surface area contributed by atoms with Crippen molar-refractivity contribution in [1.82, 2.24) is 0 Å². The Morgan fingerprint density at radius 2 is 1.88 bits per heavy atom. The number of benzene rings is 1. The molecule has 2 rings (SSSR count). The van der Waals surface area contributed by atoms with E-state index >= 15 is 0 Å². The van der Waals surface area contributed by atoms with E-state index in [0.717, 1.165) is 5.57 Å². The van der Waals surface area contributed by atoms with E-state index in [1.807, 2.05) is 13.8 Å². The molecule has 4 atom stereocenters. The molecule has 6 heteroatoms. The smallest absolute Gasteiger partial charge is 0.352 e. The lowest BCUT2D eigenvalue weighted by atomic mass is 9.85. The summed E-state index contributed by atoms with van der Waals surface area (Å²) in [6.07, 6.45) is -1.41. The summed E-state index contributed by atoms with van der Waals surface area (Å²) in [5.41, 5.74) is 1.17. The number of carbonyl (C=O) groups is 2. The number of carbonyl (C=O) groups excluding carboxylic acids is 2. The van der Waals surface area contributed by atoms with Crippen LogP contribution in [0.25, 0.3) is 0 Å². The van der Waals surface area contributed by atoms with Gasteiger partial charge in [0.25, 0.3) is 6.10 Å². The molecule has 0 aliphatic carbocycles. The summed E-state index contributed by atoms with van der Waals surface area (Å²) in [6, 6.07) is 8.39. The molecular formula is C19H24O6. The van der Waals surface area contributed by atoms with Crippen LogP contribution in [0, 0.1) is 5.92 Å². The molecule has 0 saturated carbocycles. The Bertz CT molecular complexity index is 641. The second-order valence-corrected chi connectivity index (χ2v) is 6.14. The molecule has 0 N–H and O–H groups in total. The lowest BCUT2D eigenvalue weighted by Gasteiger charge is -2.45. The minimum Gasteiger partial charge on any atom is -0.466 e. The van der Waals surface area contributed by atoms with Crippen LogP contribution in [0.3, 0.4) is 0 Å². The molecule has 1 aromatic rings. The van der Waals surface area contributed by atoms with Gasteiger partial charge in [0.05, 0.1) is 18.8 Å². The van der Waals surface area contributed by atoms with Gasteiger partial charge in [0.2, 0.25) is 5.79 Å². The highest BCUT2D eigenvalue weighted by molar-refractivity contribution is 5.91. The number of methoxy groups -OCH3 is 2. The van der Waals surface area contributed by atoms with Crippen LogP contribution in [0.4, 0.5) is 0 Å². The van der Waals surface area contributed by atoms with E-state index in [1.165, 1.54) is 14.2 Å². The van der Waals surface area contributed by atoms with Gasteiger partial charge in [-0.25, -0.2) is 9.59 Å². The highest BCUT2D eigenvalue weighted by atomic mass is 16.7. The maximum Gasteiger partial charge on any atom is 0.352 e. The minimum atomic E-state index is -1.47. The molecule has 1 aliphatic rings. The lowest BCUT2D eigenvalue weighted by molar-refractivity contribution is -0.300. The Morgan fingerprint density at radius 3 is 2.40 bits per heavy atom. The molecule has 1 fully saturated rings. The van der Waals surface area contributed by atoms with Gasteiger partial charge in [-0.1, -0.05) is 37.3 Å². The van der Waals surface area contributed by atoms with Gasteiger partial charge in [-0.2, -0.15) is 0 Å². The van der Waals surface area contributed by atoms with Crippen molar-refractivity contribution < 1.29 is 28.5 Å². The topological polar surface area (TPSA) is 71.1 Å². The van der Waals surface area contributed by atoms with E-state index in [9.17, 15) is 9.59 Å². The van der Waals surface area contributed by atoms with Crippen molar-refractivity contribution in [2.24, 2.45) is 5.92 Å². The molecule has 2 unspecified atom stereocenters. The third-order valence-corrected chi connectivity index (χ3v) is 4.60. The normalized spacial score (nSPS) is 27.4. The first-order valence-corrected chi connectivity index (χ1v) is 8.09. The van der Waals surface area contributed by atoms with Crippen LogP contribution in [0.5, 0.6) is 0 Å². The fraction of sp³-hybridized carbons (Fsp3) is 0.474. The van der Waals surface area contributed by atoms with E-state index in [1.54, 1.807) is 30.3 Å². The van der Waals surface area contributed by atoms with Crippen molar-refractivity contribution in [3.8, 4) is 0 Å². The monoisotopic (exact) mass is 348 g/mol. The first kappa shape index (κ1) is 19.1. The summed E-state index contributed by atoms with van der Waals surface area (Å²) in [7, 11) is 2.63. The zero-order valence-electron chi connectivity index (χ0n) is 15.0. The van der Waals surface area contributed by atoms with E-state index in [2.05, 4.69) is 6.58 Å². The summed E-state index contributed by atoms with van der Waals surface area (Å²) >= 11 is 0. The van der Waals surface area contributed by atoms with Gasteiger partial charge in [0.15, 0.2) is 0 Å². The first-order chi connectivity index (χ1) is 11.8. The van der Waals surface area contributed by atoms with Crippen LogP contribution < -0.4 is 0 Å². The van der Waals surface area contributed by atoms with Crippen LogP contribution in [0.2, 0.25) is 0 Å². The summed E-state index contributed by atoms with van der Waals surface area (Å²) < 4.78 is 21.8. The fourth-order valence-electron chi connectivity index (χ4n) is 2.82. The minimum absolute atomic E-state index is 0.0893. The number of hydrogen-bond acceptors (Lipinski definition) is 6. The molecule has 25 heavy (non-hydrogen) atoms. The summed E-state index contributed by atoms with van der Waals surface area (Å²) in [6.45, 7) is 7.88. The molecule has 0 radical (unpaired) electrons. The lowest BCUT2D eigenvalue weighted by Crippen LogP contribution is -2.58. The highest BCUT2D eigenvalue weighted by Crippen LogP contribution is 2.39. The van der Waals surface area contributed by atoms with Crippen molar-refractivity contribution in [2.45, 2.75) is 38.3 Å². The van der Waals surface area contributed by atoms with Gasteiger partial charge in [0.1, 0.15) is 0 Å². The number of rotatable bonds is 5. The SMILES string of the molecule is C=C1C[C@](OC)([C@H](OC(=O)c2ccccc2)C(=O)OC)OC(C)C1C. The predicted octanol–water partition coefficient (Wildman–Crippen LogP) is 2.73. The second-order valence-electron chi connectivity index (χ2n) is 6.14. The van der Waals surface area contributed by atoms with Gasteiger partial charge < -0.3 is 18.9 Å². The maximum atomic E-state index is 12.4. The van der Waals surface area contributed by atoms with Crippen molar-refractivity contribution in [3.05, 3.63) is 48.0 Å². The second kappa shape index (κ2) is 7.80. The van der Waals surface area contributed by atoms with Crippen molar-refractivity contribution in [1.29, 1.82) is 0 Å². The van der Waals surface area contributed by atoms with Gasteiger partial charge in [-0.15, -0.1) is 0 Å². The van der Waals surface area contributed by atoms with Crippen LogP contribution in [0.15, 0.2) is 42.5 Å². The largest absolute Gasteiger partial charge is 0.466 e. The first-order valence-electron chi connectivity index (χ1n) is 8.09. The molecule has 6 nitrogen and oxygen atoms in total. The van der Waals surface area contributed by atoms with Crippen molar-refractivity contribution in [2.75, 3.05) is 14.2 Å². The molecule has 0 amide bonds. The van der Waals surface area contributed by atoms with E-state index in [-0.39, 0.29) is 18.4 Å². The van der Waals surface area contributed by atoms with Gasteiger partial charge in [-0.3, -0.25) is 0 Å². The van der Waals surface area contributed by atoms with Gasteiger partial charge >= 0.3 is 11.9 Å².